The summed E-state index contributed by atoms with van der Waals surface area (Å²) in [6.07, 6.45) is 0. The van der Waals surface area contributed by atoms with Crippen LogP contribution in [0.4, 0.5) is 5.69 Å². The number of aliphatic hydroxyl groups is 1. The van der Waals surface area contributed by atoms with Crippen molar-refractivity contribution in [3.63, 3.8) is 0 Å². The number of ether oxygens (including phenoxy) is 1. The number of rotatable bonds is 1. The molecule has 4 rings (SSSR count). The van der Waals surface area contributed by atoms with E-state index >= 15 is 0 Å². The number of amides is 2. The second kappa shape index (κ2) is 5.06. The van der Waals surface area contributed by atoms with Gasteiger partial charge < -0.3 is 9.84 Å². The van der Waals surface area contributed by atoms with Crippen molar-refractivity contribution in [1.82, 2.24) is 0 Å². The summed E-state index contributed by atoms with van der Waals surface area (Å²) in [4.78, 5) is 26.0. The van der Waals surface area contributed by atoms with Crippen LogP contribution in [0.15, 0.2) is 48.5 Å². The number of para-hydroxylation sites is 2. The summed E-state index contributed by atoms with van der Waals surface area (Å²) in [5, 5.41) is 11.4. The third kappa shape index (κ3) is 1.79. The Balaban J connectivity index is 1.95. The summed E-state index contributed by atoms with van der Waals surface area (Å²) in [7, 11) is 0. The molecule has 6 heteroatoms. The molecule has 0 aliphatic carbocycles. The van der Waals surface area contributed by atoms with Crippen LogP contribution in [0, 0.1) is 0 Å². The van der Waals surface area contributed by atoms with Crippen molar-refractivity contribution >= 4 is 29.1 Å². The van der Waals surface area contributed by atoms with E-state index in [9.17, 15) is 14.7 Å². The third-order valence-corrected chi connectivity index (χ3v) is 4.95. The molecular formula is C18H14ClNO4. The van der Waals surface area contributed by atoms with E-state index in [2.05, 4.69) is 0 Å². The quantitative estimate of drug-likeness (QED) is 0.808. The number of hydrogen-bond donors (Lipinski definition) is 1. The standard InChI is InChI=1S/C18H14ClNO4/c1-10(21)20-13-8-4-3-7-12(13)18(23,17(20)22)15-11-6-2-5-9-14(11)24-16(15)19/h2-9,15-16,23H,1H3/t15-,16-,18+/m0/s1. The summed E-state index contributed by atoms with van der Waals surface area (Å²) in [5.41, 5.74) is -1.49. The first-order valence-corrected chi connectivity index (χ1v) is 7.96. The van der Waals surface area contributed by atoms with Crippen molar-refractivity contribution in [3.8, 4) is 5.75 Å². The minimum absolute atomic E-state index is 0.362. The van der Waals surface area contributed by atoms with Gasteiger partial charge in [-0.2, -0.15) is 0 Å². The van der Waals surface area contributed by atoms with Gasteiger partial charge in [0.15, 0.2) is 11.2 Å². The normalized spacial score (nSPS) is 27.6. The predicted octanol–water partition coefficient (Wildman–Crippen LogP) is 2.51. The van der Waals surface area contributed by atoms with Gasteiger partial charge in [0, 0.05) is 18.1 Å². The fraction of sp³-hybridized carbons (Fsp3) is 0.222. The number of anilines is 1. The highest BCUT2D eigenvalue weighted by atomic mass is 35.5. The van der Waals surface area contributed by atoms with E-state index in [1.54, 1.807) is 48.5 Å². The second-order valence-electron chi connectivity index (χ2n) is 5.93. The summed E-state index contributed by atoms with van der Waals surface area (Å²) in [6, 6.07) is 13.8. The van der Waals surface area contributed by atoms with Crippen LogP contribution in [0.5, 0.6) is 5.75 Å². The molecule has 2 amide bonds. The van der Waals surface area contributed by atoms with Crippen molar-refractivity contribution in [3.05, 3.63) is 59.7 Å². The molecule has 2 aromatic rings. The van der Waals surface area contributed by atoms with Crippen LogP contribution >= 0.6 is 11.6 Å². The van der Waals surface area contributed by atoms with Crippen molar-refractivity contribution < 1.29 is 19.4 Å². The van der Waals surface area contributed by atoms with Gasteiger partial charge in [0.05, 0.1) is 11.6 Å². The number of imide groups is 1. The van der Waals surface area contributed by atoms with Gasteiger partial charge in [0.1, 0.15) is 5.75 Å². The van der Waals surface area contributed by atoms with Gasteiger partial charge in [0.25, 0.3) is 5.91 Å². The van der Waals surface area contributed by atoms with E-state index in [4.69, 9.17) is 16.3 Å². The second-order valence-corrected chi connectivity index (χ2v) is 6.36. The van der Waals surface area contributed by atoms with E-state index in [0.29, 0.717) is 22.6 Å². The van der Waals surface area contributed by atoms with E-state index in [0.717, 1.165) is 4.90 Å². The summed E-state index contributed by atoms with van der Waals surface area (Å²) < 4.78 is 5.61. The fourth-order valence-electron chi connectivity index (χ4n) is 3.59. The molecule has 2 aromatic carbocycles. The van der Waals surface area contributed by atoms with Crippen molar-refractivity contribution in [2.75, 3.05) is 4.90 Å². The summed E-state index contributed by atoms with van der Waals surface area (Å²) >= 11 is 6.33. The Kier molecular flexibility index (Phi) is 3.20. The maximum atomic E-state index is 13.0. The number of halogens is 1. The van der Waals surface area contributed by atoms with Gasteiger partial charge >= 0.3 is 0 Å². The molecule has 5 nitrogen and oxygen atoms in total. The van der Waals surface area contributed by atoms with Crippen LogP contribution < -0.4 is 9.64 Å². The van der Waals surface area contributed by atoms with Crippen molar-refractivity contribution in [2.45, 2.75) is 24.0 Å². The van der Waals surface area contributed by atoms with E-state index in [-0.39, 0.29) is 0 Å². The highest BCUT2D eigenvalue weighted by Gasteiger charge is 2.60. The van der Waals surface area contributed by atoms with Crippen LogP contribution in [0.3, 0.4) is 0 Å². The Morgan fingerprint density at radius 1 is 1.21 bits per heavy atom. The average Bonchev–Trinajstić information content (AvgIpc) is 3.00. The number of alkyl halides is 1. The molecule has 2 aliphatic rings. The van der Waals surface area contributed by atoms with Gasteiger partial charge in [-0.05, 0) is 12.1 Å². The molecule has 24 heavy (non-hydrogen) atoms. The zero-order valence-electron chi connectivity index (χ0n) is 12.8. The fourth-order valence-corrected chi connectivity index (χ4v) is 4.00. The molecule has 0 unspecified atom stereocenters. The van der Waals surface area contributed by atoms with Crippen LogP contribution in [0.25, 0.3) is 0 Å². The maximum Gasteiger partial charge on any atom is 0.271 e. The molecule has 0 bridgehead atoms. The smallest absolute Gasteiger partial charge is 0.271 e. The lowest BCUT2D eigenvalue weighted by Crippen LogP contribution is -2.47. The van der Waals surface area contributed by atoms with Gasteiger partial charge in [-0.3, -0.25) is 9.59 Å². The lowest BCUT2D eigenvalue weighted by molar-refractivity contribution is -0.141. The zero-order chi connectivity index (χ0) is 17.1. The minimum Gasteiger partial charge on any atom is -0.474 e. The molecule has 2 aliphatic heterocycles. The first-order valence-electron chi connectivity index (χ1n) is 7.53. The Morgan fingerprint density at radius 3 is 2.62 bits per heavy atom. The van der Waals surface area contributed by atoms with Crippen LogP contribution in [-0.4, -0.2) is 22.5 Å². The molecule has 1 N–H and O–H groups in total. The molecule has 3 atom stereocenters. The molecule has 0 spiro atoms. The number of hydrogen-bond acceptors (Lipinski definition) is 4. The van der Waals surface area contributed by atoms with Gasteiger partial charge in [-0.25, -0.2) is 4.90 Å². The first-order chi connectivity index (χ1) is 11.5. The molecule has 122 valence electrons. The zero-order valence-corrected chi connectivity index (χ0v) is 13.5. The monoisotopic (exact) mass is 343 g/mol. The number of benzene rings is 2. The Labute approximate surface area is 143 Å². The van der Waals surface area contributed by atoms with E-state index in [1.165, 1.54) is 6.92 Å². The first kappa shape index (κ1) is 15.2. The third-order valence-electron chi connectivity index (χ3n) is 4.61. The van der Waals surface area contributed by atoms with Crippen LogP contribution in [0.1, 0.15) is 24.0 Å². The maximum absolute atomic E-state index is 13.0. The SMILES string of the molecule is CC(=O)N1C(=O)[C@](O)([C@H]2c3ccccc3O[C@@H]2Cl)c2ccccc21. The van der Waals surface area contributed by atoms with Crippen LogP contribution in [0.2, 0.25) is 0 Å². The molecule has 0 radical (unpaired) electrons. The molecule has 0 aromatic heterocycles. The molecule has 2 heterocycles. The topological polar surface area (TPSA) is 66.8 Å². The van der Waals surface area contributed by atoms with Crippen LogP contribution in [-0.2, 0) is 15.2 Å². The summed E-state index contributed by atoms with van der Waals surface area (Å²) in [5.74, 6) is -1.44. The number of carbonyl (C=O) groups is 2. The Bertz CT molecular complexity index is 868. The molecule has 0 fully saturated rings. The van der Waals surface area contributed by atoms with Gasteiger partial charge in [0.2, 0.25) is 5.91 Å². The average molecular weight is 344 g/mol. The van der Waals surface area contributed by atoms with Gasteiger partial charge in [-0.1, -0.05) is 48.0 Å². The number of nitrogens with zero attached hydrogens (tertiary/aromatic N) is 1. The highest BCUT2D eigenvalue weighted by molar-refractivity contribution is 6.24. The largest absolute Gasteiger partial charge is 0.474 e. The molecule has 0 saturated heterocycles. The van der Waals surface area contributed by atoms with E-state index < -0.39 is 28.9 Å². The lowest BCUT2D eigenvalue weighted by Gasteiger charge is -2.29. The van der Waals surface area contributed by atoms with E-state index in [1.807, 2.05) is 0 Å². The highest BCUT2D eigenvalue weighted by Crippen LogP contribution is 2.54. The van der Waals surface area contributed by atoms with Crippen molar-refractivity contribution in [2.24, 2.45) is 0 Å². The minimum atomic E-state index is -1.96. The predicted molar refractivity (Wildman–Crippen MR) is 88.0 cm³/mol. The van der Waals surface area contributed by atoms with Gasteiger partial charge in [-0.15, -0.1) is 0 Å². The Morgan fingerprint density at radius 2 is 1.88 bits per heavy atom. The Hall–Kier alpha value is -2.37. The molecule has 0 saturated carbocycles. The number of carbonyl (C=O) groups excluding carboxylic acids is 2. The molecular weight excluding hydrogens is 330 g/mol. The lowest BCUT2D eigenvalue weighted by atomic mass is 9.79. The summed E-state index contributed by atoms with van der Waals surface area (Å²) in [6.45, 7) is 1.29. The number of fused-ring (bicyclic) bond motifs is 2. The van der Waals surface area contributed by atoms with Crippen molar-refractivity contribution in [1.29, 1.82) is 0 Å².